The number of ether oxygens (including phenoxy) is 1. The molecule has 0 aliphatic carbocycles. The van der Waals surface area contributed by atoms with Crippen molar-refractivity contribution in [1.29, 1.82) is 0 Å². The number of carbonyl (C=O) groups excluding carboxylic acids is 2. The summed E-state index contributed by atoms with van der Waals surface area (Å²) in [6.07, 6.45) is 3.50. The van der Waals surface area contributed by atoms with Gasteiger partial charge in [0, 0.05) is 5.56 Å². The lowest BCUT2D eigenvalue weighted by Crippen LogP contribution is -2.21. The molecule has 32 heavy (non-hydrogen) atoms. The minimum absolute atomic E-state index is 0.205. The molecule has 3 aromatic rings. The summed E-state index contributed by atoms with van der Waals surface area (Å²) >= 11 is 0. The molecule has 6 nitrogen and oxygen atoms in total. The van der Waals surface area contributed by atoms with Crippen LogP contribution in [0.15, 0.2) is 81.8 Å². The Balaban J connectivity index is 1.53. The van der Waals surface area contributed by atoms with E-state index in [0.717, 1.165) is 18.4 Å². The summed E-state index contributed by atoms with van der Waals surface area (Å²) in [7, 11) is 0. The minimum Gasteiger partial charge on any atom is -0.462 e. The number of unbranched alkanes of at least 4 members (excludes halogenated alkanes) is 1. The fraction of sp³-hybridized carbons (Fsp3) is 0.192. The third kappa shape index (κ3) is 4.54. The summed E-state index contributed by atoms with van der Waals surface area (Å²) in [5.41, 5.74) is 3.04. The number of hydrogen-bond donors (Lipinski definition) is 0. The molecule has 0 N–H and O–H groups in total. The van der Waals surface area contributed by atoms with Crippen LogP contribution in [-0.4, -0.2) is 24.2 Å². The predicted octanol–water partition coefficient (Wildman–Crippen LogP) is 5.71. The molecule has 162 valence electrons. The van der Waals surface area contributed by atoms with Crippen LogP contribution in [0.5, 0.6) is 0 Å². The van der Waals surface area contributed by atoms with Gasteiger partial charge in [-0.3, -0.25) is 4.79 Å². The molecule has 0 saturated heterocycles. The maximum Gasteiger partial charge on any atom is 0.338 e. The van der Waals surface area contributed by atoms with E-state index in [1.54, 1.807) is 37.3 Å². The van der Waals surface area contributed by atoms with Crippen molar-refractivity contribution < 1.29 is 18.7 Å². The Morgan fingerprint density at radius 2 is 1.91 bits per heavy atom. The van der Waals surface area contributed by atoms with Gasteiger partial charge in [-0.1, -0.05) is 43.7 Å². The molecule has 0 atom stereocenters. The van der Waals surface area contributed by atoms with Crippen molar-refractivity contribution in [3.8, 4) is 11.3 Å². The summed E-state index contributed by atoms with van der Waals surface area (Å²) < 4.78 is 11.2. The van der Waals surface area contributed by atoms with Gasteiger partial charge in [0.2, 0.25) is 0 Å². The Kier molecular flexibility index (Phi) is 6.31. The van der Waals surface area contributed by atoms with E-state index < -0.39 is 0 Å². The molecule has 6 heteroatoms. The highest BCUT2D eigenvalue weighted by Crippen LogP contribution is 2.28. The summed E-state index contributed by atoms with van der Waals surface area (Å²) in [6.45, 7) is 4.25. The normalized spacial score (nSPS) is 14.7. The summed E-state index contributed by atoms with van der Waals surface area (Å²) in [5, 5.41) is 5.77. The molecule has 2 heterocycles. The van der Waals surface area contributed by atoms with Crippen LogP contribution in [0.25, 0.3) is 17.4 Å². The lowest BCUT2D eigenvalue weighted by Gasteiger charge is -2.10. The van der Waals surface area contributed by atoms with Crippen LogP contribution < -0.4 is 5.01 Å². The van der Waals surface area contributed by atoms with Crippen LogP contribution in [-0.2, 0) is 9.53 Å². The van der Waals surface area contributed by atoms with Gasteiger partial charge < -0.3 is 9.15 Å². The topological polar surface area (TPSA) is 72.1 Å². The third-order valence-corrected chi connectivity index (χ3v) is 5.09. The first-order chi connectivity index (χ1) is 15.6. The van der Waals surface area contributed by atoms with Gasteiger partial charge in [-0.2, -0.15) is 10.1 Å². The number of anilines is 1. The Hall–Kier alpha value is -3.93. The highest BCUT2D eigenvalue weighted by atomic mass is 16.5. The van der Waals surface area contributed by atoms with E-state index in [1.807, 2.05) is 49.4 Å². The standard InChI is InChI=1S/C26H24N2O4/c1-3-4-15-31-26(30)20-10-8-9-19(16-20)24-14-13-22(32-24)17-23-18(2)27-28(25(23)29)21-11-6-5-7-12-21/h5-14,16-17H,3-4,15H2,1-2H3/b23-17-. The number of carbonyl (C=O) groups is 2. The quantitative estimate of drug-likeness (QED) is 0.274. The Bertz CT molecular complexity index is 1190. The van der Waals surface area contributed by atoms with Gasteiger partial charge in [0.05, 0.1) is 29.1 Å². The molecule has 1 aliphatic heterocycles. The lowest BCUT2D eigenvalue weighted by molar-refractivity contribution is -0.114. The summed E-state index contributed by atoms with van der Waals surface area (Å²) in [5.74, 6) is 0.575. The number of furan rings is 1. The molecule has 1 amide bonds. The Labute approximate surface area is 186 Å². The first-order valence-electron chi connectivity index (χ1n) is 10.6. The van der Waals surface area contributed by atoms with E-state index in [0.29, 0.717) is 40.7 Å². The molecule has 1 aliphatic rings. The van der Waals surface area contributed by atoms with Gasteiger partial charge in [0.1, 0.15) is 11.5 Å². The molecule has 1 aromatic heterocycles. The molecule has 0 bridgehead atoms. The van der Waals surface area contributed by atoms with Crippen molar-refractivity contribution in [2.45, 2.75) is 26.7 Å². The van der Waals surface area contributed by atoms with Crippen LogP contribution in [0.2, 0.25) is 0 Å². The smallest absolute Gasteiger partial charge is 0.338 e. The molecule has 0 spiro atoms. The van der Waals surface area contributed by atoms with Crippen molar-refractivity contribution >= 4 is 29.4 Å². The van der Waals surface area contributed by atoms with E-state index in [4.69, 9.17) is 9.15 Å². The number of benzene rings is 2. The zero-order valence-corrected chi connectivity index (χ0v) is 18.1. The Morgan fingerprint density at radius 1 is 1.09 bits per heavy atom. The maximum atomic E-state index is 12.9. The van der Waals surface area contributed by atoms with E-state index >= 15 is 0 Å². The molecular weight excluding hydrogens is 404 g/mol. The molecule has 0 saturated carbocycles. The SMILES string of the molecule is CCCCOC(=O)c1cccc(-c2ccc(/C=C3\C(=O)N(c4ccccc4)N=C3C)o2)c1. The number of esters is 1. The number of para-hydroxylation sites is 1. The van der Waals surface area contributed by atoms with Crippen molar-refractivity contribution in [3.63, 3.8) is 0 Å². The van der Waals surface area contributed by atoms with Gasteiger partial charge in [-0.15, -0.1) is 0 Å². The highest BCUT2D eigenvalue weighted by Gasteiger charge is 2.28. The molecule has 0 radical (unpaired) electrons. The van der Waals surface area contributed by atoms with Crippen LogP contribution in [0.4, 0.5) is 5.69 Å². The van der Waals surface area contributed by atoms with Crippen molar-refractivity contribution in [2.75, 3.05) is 11.6 Å². The van der Waals surface area contributed by atoms with Crippen molar-refractivity contribution in [3.05, 3.63) is 83.6 Å². The highest BCUT2D eigenvalue weighted by molar-refractivity contribution is 6.32. The molecule has 0 unspecified atom stereocenters. The third-order valence-electron chi connectivity index (χ3n) is 5.09. The number of hydrazone groups is 1. The van der Waals surface area contributed by atoms with Crippen LogP contribution in [0.1, 0.15) is 42.8 Å². The maximum absolute atomic E-state index is 12.9. The van der Waals surface area contributed by atoms with Crippen molar-refractivity contribution in [1.82, 2.24) is 0 Å². The second-order valence-electron chi connectivity index (χ2n) is 7.47. The van der Waals surface area contributed by atoms with Gasteiger partial charge in [-0.05, 0) is 55.8 Å². The van der Waals surface area contributed by atoms with Crippen molar-refractivity contribution in [2.24, 2.45) is 5.10 Å². The first kappa shape index (κ1) is 21.3. The second kappa shape index (κ2) is 9.47. The van der Waals surface area contributed by atoms with E-state index in [1.165, 1.54) is 5.01 Å². The summed E-state index contributed by atoms with van der Waals surface area (Å²) in [6, 6.07) is 20.0. The monoisotopic (exact) mass is 428 g/mol. The summed E-state index contributed by atoms with van der Waals surface area (Å²) in [4.78, 5) is 25.1. The van der Waals surface area contributed by atoms with Crippen LogP contribution in [0, 0.1) is 0 Å². The van der Waals surface area contributed by atoms with Gasteiger partial charge in [0.15, 0.2) is 0 Å². The van der Waals surface area contributed by atoms with Gasteiger partial charge in [0.25, 0.3) is 5.91 Å². The number of nitrogens with zero attached hydrogens (tertiary/aromatic N) is 2. The average Bonchev–Trinajstić information content (AvgIpc) is 3.40. The lowest BCUT2D eigenvalue weighted by atomic mass is 10.1. The molecular formula is C26H24N2O4. The van der Waals surface area contributed by atoms with Gasteiger partial charge in [-0.25, -0.2) is 4.79 Å². The fourth-order valence-corrected chi connectivity index (χ4v) is 3.35. The predicted molar refractivity (Wildman–Crippen MR) is 124 cm³/mol. The minimum atomic E-state index is -0.349. The average molecular weight is 428 g/mol. The number of hydrogen-bond acceptors (Lipinski definition) is 5. The largest absolute Gasteiger partial charge is 0.462 e. The second-order valence-corrected chi connectivity index (χ2v) is 7.47. The Morgan fingerprint density at radius 3 is 2.69 bits per heavy atom. The zero-order chi connectivity index (χ0) is 22.5. The van der Waals surface area contributed by atoms with E-state index in [2.05, 4.69) is 5.10 Å². The molecule has 4 rings (SSSR count). The van der Waals surface area contributed by atoms with E-state index in [9.17, 15) is 9.59 Å². The fourth-order valence-electron chi connectivity index (χ4n) is 3.35. The molecule has 2 aromatic carbocycles. The van der Waals surface area contributed by atoms with Crippen LogP contribution in [0.3, 0.4) is 0 Å². The van der Waals surface area contributed by atoms with Crippen LogP contribution >= 0.6 is 0 Å². The van der Waals surface area contributed by atoms with Gasteiger partial charge >= 0.3 is 5.97 Å². The first-order valence-corrected chi connectivity index (χ1v) is 10.6. The number of rotatable bonds is 7. The molecule has 0 fully saturated rings. The van der Waals surface area contributed by atoms with E-state index in [-0.39, 0.29) is 11.9 Å². The zero-order valence-electron chi connectivity index (χ0n) is 18.1. The number of amides is 1.